The van der Waals surface area contributed by atoms with Crippen LogP contribution in [0.25, 0.3) is 0 Å². The van der Waals surface area contributed by atoms with Crippen molar-refractivity contribution in [2.24, 2.45) is 5.41 Å². The van der Waals surface area contributed by atoms with Crippen LogP contribution in [0.5, 0.6) is 5.75 Å². The summed E-state index contributed by atoms with van der Waals surface area (Å²) in [6.07, 6.45) is 0.992. The molecule has 6 heteroatoms. The molecule has 0 amide bonds. The van der Waals surface area contributed by atoms with Crippen LogP contribution in [0.15, 0.2) is 24.3 Å². The fourth-order valence-corrected chi connectivity index (χ4v) is 2.62. The Kier molecular flexibility index (Phi) is 8.06. The molecule has 1 nitrogen and oxygen atoms in total. The van der Waals surface area contributed by atoms with Crippen LogP contribution in [0.3, 0.4) is 0 Å². The third-order valence-electron chi connectivity index (χ3n) is 3.05. The average Bonchev–Trinajstić information content (AvgIpc) is 2.22. The molecule has 0 saturated heterocycles. The number of hydrogen-bond donors (Lipinski definition) is 0. The molecule has 0 atom stereocenters. The van der Waals surface area contributed by atoms with Gasteiger partial charge in [-0.3, -0.25) is 0 Å². The zero-order valence-corrected chi connectivity index (χ0v) is 17.0. The predicted octanol–water partition coefficient (Wildman–Crippen LogP) is 2.17. The van der Waals surface area contributed by atoms with Crippen LogP contribution in [0, 0.1) is 5.41 Å². The summed E-state index contributed by atoms with van der Waals surface area (Å²) in [5, 5.41) is 0. The number of rotatable bonds is 5. The maximum absolute atomic E-state index is 12.1. The van der Waals surface area contributed by atoms with Crippen molar-refractivity contribution in [3.63, 3.8) is 0 Å². The van der Waals surface area contributed by atoms with Gasteiger partial charge in [0.1, 0.15) is 5.75 Å². The number of ether oxygens (including phenoxy) is 1. The third kappa shape index (κ3) is 8.65. The first-order valence-corrected chi connectivity index (χ1v) is 6.83. The van der Waals surface area contributed by atoms with E-state index in [2.05, 4.69) is 34.6 Å². The van der Waals surface area contributed by atoms with Gasteiger partial charge in [0.25, 0.3) is 0 Å². The minimum absolute atomic E-state index is 0. The van der Waals surface area contributed by atoms with E-state index in [4.69, 9.17) is 4.74 Å². The Bertz CT molecular complexity index is 436. The van der Waals surface area contributed by atoms with Crippen LogP contribution in [0.1, 0.15) is 46.6 Å². The van der Waals surface area contributed by atoms with Gasteiger partial charge >= 0.3 is 58.4 Å². The quantitative estimate of drug-likeness (QED) is 0.754. The second-order valence-corrected chi connectivity index (χ2v) is 7.17. The van der Waals surface area contributed by atoms with Crippen LogP contribution in [0.4, 0.5) is 12.9 Å². The Balaban J connectivity index is 0.00000400. The van der Waals surface area contributed by atoms with E-state index in [1.807, 2.05) is 12.1 Å². The van der Waals surface area contributed by atoms with Gasteiger partial charge in [0, 0.05) is 0 Å². The Hall–Kier alpha value is 0.511. The van der Waals surface area contributed by atoms with Gasteiger partial charge in [-0.15, -0.1) is 0 Å². The average molecular weight is 326 g/mol. The summed E-state index contributed by atoms with van der Waals surface area (Å²) in [7, 11) is 0. The molecule has 21 heavy (non-hydrogen) atoms. The molecule has 0 spiro atoms. The Morgan fingerprint density at radius 1 is 0.952 bits per heavy atom. The van der Waals surface area contributed by atoms with Crippen molar-refractivity contribution in [2.75, 3.05) is 6.51 Å². The minimum Gasteiger partial charge on any atom is -0.522 e. The summed E-state index contributed by atoms with van der Waals surface area (Å²) in [6.45, 7) is 4.73. The Morgan fingerprint density at radius 3 is 1.81 bits per heavy atom. The smallest absolute Gasteiger partial charge is 0.522 e. The van der Waals surface area contributed by atoms with Crippen molar-refractivity contribution in [1.29, 1.82) is 0 Å². The molecule has 1 rings (SSSR count). The molecular formula is C15H23BF3KO. The standard InChI is InChI=1S/C15H23BF3O.K/c1-14(2,3)10-15(4,5)12-6-8-13(9-7-12)20-11-16(17,18)19;/h6-9H,10-11H2,1-5H3;/q-1;+1. The first-order chi connectivity index (χ1) is 8.89. The molecule has 114 valence electrons. The van der Waals surface area contributed by atoms with Crippen LogP contribution in [0.2, 0.25) is 0 Å². The van der Waals surface area contributed by atoms with Crippen LogP contribution >= 0.6 is 0 Å². The summed E-state index contributed by atoms with van der Waals surface area (Å²) >= 11 is 0. The second-order valence-electron chi connectivity index (χ2n) is 7.17. The van der Waals surface area contributed by atoms with Crippen molar-refractivity contribution in [1.82, 2.24) is 0 Å². The fourth-order valence-electron chi connectivity index (χ4n) is 2.62. The van der Waals surface area contributed by atoms with E-state index in [9.17, 15) is 12.9 Å². The van der Waals surface area contributed by atoms with Crippen LogP contribution < -0.4 is 56.1 Å². The van der Waals surface area contributed by atoms with E-state index < -0.39 is 13.5 Å². The van der Waals surface area contributed by atoms with E-state index >= 15 is 0 Å². The summed E-state index contributed by atoms with van der Waals surface area (Å²) in [6, 6.07) is 6.93. The molecule has 0 heterocycles. The van der Waals surface area contributed by atoms with Gasteiger partial charge in [-0.05, 0) is 34.9 Å². The summed E-state index contributed by atoms with van der Waals surface area (Å²) in [4.78, 5) is 0. The van der Waals surface area contributed by atoms with Gasteiger partial charge in [0.2, 0.25) is 0 Å². The number of halogens is 3. The van der Waals surface area contributed by atoms with E-state index in [0.717, 1.165) is 12.0 Å². The number of hydrogen-bond acceptors (Lipinski definition) is 1. The van der Waals surface area contributed by atoms with Crippen LogP contribution in [-0.4, -0.2) is 13.5 Å². The molecule has 0 radical (unpaired) electrons. The predicted molar refractivity (Wildman–Crippen MR) is 78.1 cm³/mol. The Morgan fingerprint density at radius 2 is 1.43 bits per heavy atom. The topological polar surface area (TPSA) is 9.23 Å². The summed E-state index contributed by atoms with van der Waals surface area (Å²) < 4.78 is 41.1. The molecule has 0 saturated carbocycles. The van der Waals surface area contributed by atoms with E-state index in [-0.39, 0.29) is 68.0 Å². The van der Waals surface area contributed by atoms with Gasteiger partial charge < -0.3 is 17.7 Å². The maximum Gasteiger partial charge on any atom is 1.00 e. The molecule has 0 unspecified atom stereocenters. The summed E-state index contributed by atoms with van der Waals surface area (Å²) in [5.74, 6) is 0.263. The van der Waals surface area contributed by atoms with E-state index in [1.165, 1.54) is 0 Å². The Labute approximate surface area is 168 Å². The normalized spacial score (nSPS) is 12.8. The largest absolute Gasteiger partial charge is 1.00 e. The number of benzene rings is 1. The zero-order chi connectivity index (χ0) is 15.6. The van der Waals surface area contributed by atoms with Crippen molar-refractivity contribution in [3.8, 4) is 5.75 Å². The van der Waals surface area contributed by atoms with Gasteiger partial charge in [0.15, 0.2) is 0 Å². The molecular weight excluding hydrogens is 303 g/mol. The molecule has 1 aromatic carbocycles. The van der Waals surface area contributed by atoms with Crippen molar-refractivity contribution < 1.29 is 69.1 Å². The first-order valence-electron chi connectivity index (χ1n) is 6.83. The molecule has 0 aromatic heterocycles. The first kappa shape index (κ1) is 21.5. The van der Waals surface area contributed by atoms with Gasteiger partial charge in [-0.2, -0.15) is 0 Å². The molecule has 0 bridgehead atoms. The monoisotopic (exact) mass is 326 g/mol. The van der Waals surface area contributed by atoms with Gasteiger partial charge in [0.05, 0.1) is 6.51 Å². The van der Waals surface area contributed by atoms with E-state index in [1.54, 1.807) is 12.1 Å². The molecule has 0 aliphatic rings. The van der Waals surface area contributed by atoms with Gasteiger partial charge in [-0.1, -0.05) is 46.8 Å². The van der Waals surface area contributed by atoms with Crippen molar-refractivity contribution in [2.45, 2.75) is 46.5 Å². The minimum atomic E-state index is -4.91. The molecule has 1 aromatic rings. The SMILES string of the molecule is CC(C)(C)CC(C)(C)c1ccc(OC[B-](F)(F)F)cc1.[K+]. The molecule has 0 aliphatic heterocycles. The molecule has 0 fully saturated rings. The fraction of sp³-hybridized carbons (Fsp3) is 0.600. The maximum atomic E-state index is 12.1. The summed E-state index contributed by atoms with van der Waals surface area (Å²) in [5.41, 5.74) is 1.28. The van der Waals surface area contributed by atoms with Crippen molar-refractivity contribution >= 4 is 6.98 Å². The zero-order valence-electron chi connectivity index (χ0n) is 13.8. The van der Waals surface area contributed by atoms with Gasteiger partial charge in [-0.25, -0.2) is 0 Å². The third-order valence-corrected chi connectivity index (χ3v) is 3.05. The van der Waals surface area contributed by atoms with E-state index in [0.29, 0.717) is 0 Å². The molecule has 0 aliphatic carbocycles. The second kappa shape index (κ2) is 7.86. The van der Waals surface area contributed by atoms with Crippen molar-refractivity contribution in [3.05, 3.63) is 29.8 Å². The molecule has 0 N–H and O–H groups in total. The van der Waals surface area contributed by atoms with Crippen LogP contribution in [-0.2, 0) is 5.41 Å².